The molecule has 0 aromatic rings. The molecule has 4 heteroatoms. The summed E-state index contributed by atoms with van der Waals surface area (Å²) in [6, 6.07) is 0. The molecule has 0 aliphatic carbocycles. The maximum Gasteiger partial charge on any atom is 0.335 e. The molecular formula is C16H30O4. The van der Waals surface area contributed by atoms with Crippen LogP contribution in [0.15, 0.2) is 11.6 Å². The topological polar surface area (TPSA) is 44.8 Å². The van der Waals surface area contributed by atoms with Crippen LogP contribution in [0.1, 0.15) is 59.3 Å². The Morgan fingerprint density at radius 1 is 0.950 bits per heavy atom. The zero-order valence-electron chi connectivity index (χ0n) is 13.3. The zero-order chi connectivity index (χ0) is 15.1. The second kappa shape index (κ2) is 14.5. The van der Waals surface area contributed by atoms with Crippen LogP contribution in [0.5, 0.6) is 0 Å². The molecule has 0 amide bonds. The van der Waals surface area contributed by atoms with Crippen molar-refractivity contribution < 1.29 is 19.0 Å². The van der Waals surface area contributed by atoms with E-state index < -0.39 is 0 Å². The summed E-state index contributed by atoms with van der Waals surface area (Å²) < 4.78 is 15.8. The largest absolute Gasteiger partial charge is 0.435 e. The summed E-state index contributed by atoms with van der Waals surface area (Å²) in [5.41, 5.74) is 0.683. The Bertz CT molecular complexity index is 261. The molecule has 20 heavy (non-hydrogen) atoms. The standard InChI is InChI=1S/C16H30O4/c1-4-7-11-18-13-10-15(9-6-3)16(17)20-14-19-12-8-5-2/h10H,4-9,11-14H2,1-3H3. The van der Waals surface area contributed by atoms with E-state index in [2.05, 4.69) is 13.8 Å². The molecule has 0 aromatic heterocycles. The van der Waals surface area contributed by atoms with Gasteiger partial charge >= 0.3 is 5.97 Å². The van der Waals surface area contributed by atoms with Crippen LogP contribution in [0.25, 0.3) is 0 Å². The van der Waals surface area contributed by atoms with Gasteiger partial charge in [0.15, 0.2) is 6.79 Å². The van der Waals surface area contributed by atoms with Gasteiger partial charge in [-0.05, 0) is 25.3 Å². The third-order valence-electron chi connectivity index (χ3n) is 2.79. The van der Waals surface area contributed by atoms with Crippen molar-refractivity contribution in [3.05, 3.63) is 11.6 Å². The van der Waals surface area contributed by atoms with Crippen LogP contribution in [0.3, 0.4) is 0 Å². The number of rotatable bonds is 13. The van der Waals surface area contributed by atoms with Gasteiger partial charge in [0.2, 0.25) is 0 Å². The molecule has 0 unspecified atom stereocenters. The lowest BCUT2D eigenvalue weighted by atomic mass is 10.1. The van der Waals surface area contributed by atoms with E-state index in [1.165, 1.54) is 0 Å². The van der Waals surface area contributed by atoms with Gasteiger partial charge in [0.05, 0.1) is 13.2 Å². The minimum atomic E-state index is -0.289. The van der Waals surface area contributed by atoms with Gasteiger partial charge < -0.3 is 14.2 Å². The van der Waals surface area contributed by atoms with E-state index in [9.17, 15) is 4.79 Å². The van der Waals surface area contributed by atoms with Crippen molar-refractivity contribution >= 4 is 5.97 Å². The number of carbonyl (C=O) groups excluding carboxylic acids is 1. The average molecular weight is 286 g/mol. The molecule has 4 nitrogen and oxygen atoms in total. The summed E-state index contributed by atoms with van der Waals surface area (Å²) in [5.74, 6) is -0.289. The maximum atomic E-state index is 11.9. The van der Waals surface area contributed by atoms with Crippen molar-refractivity contribution in [3.8, 4) is 0 Å². The summed E-state index contributed by atoms with van der Waals surface area (Å²) in [6.45, 7) is 8.14. The van der Waals surface area contributed by atoms with Gasteiger partial charge in [-0.1, -0.05) is 40.0 Å². The van der Waals surface area contributed by atoms with Crippen LogP contribution in [0.4, 0.5) is 0 Å². The van der Waals surface area contributed by atoms with Crippen molar-refractivity contribution in [2.75, 3.05) is 26.6 Å². The lowest BCUT2D eigenvalue weighted by Crippen LogP contribution is -2.12. The number of unbranched alkanes of at least 4 members (excludes halogenated alkanes) is 2. The molecule has 0 atom stereocenters. The first-order chi connectivity index (χ1) is 9.76. The van der Waals surface area contributed by atoms with E-state index in [0.29, 0.717) is 25.2 Å². The van der Waals surface area contributed by atoms with Crippen molar-refractivity contribution in [1.29, 1.82) is 0 Å². The number of hydrogen-bond acceptors (Lipinski definition) is 4. The fourth-order valence-corrected chi connectivity index (χ4v) is 1.54. The van der Waals surface area contributed by atoms with Crippen LogP contribution in [-0.2, 0) is 19.0 Å². The van der Waals surface area contributed by atoms with Crippen molar-refractivity contribution in [1.82, 2.24) is 0 Å². The number of hydrogen-bond donors (Lipinski definition) is 0. The van der Waals surface area contributed by atoms with E-state index in [0.717, 1.165) is 38.7 Å². The van der Waals surface area contributed by atoms with Gasteiger partial charge in [0, 0.05) is 12.2 Å². The van der Waals surface area contributed by atoms with Gasteiger partial charge in [0.1, 0.15) is 0 Å². The van der Waals surface area contributed by atoms with Crippen molar-refractivity contribution in [2.24, 2.45) is 0 Å². The molecule has 0 rings (SSSR count). The van der Waals surface area contributed by atoms with E-state index >= 15 is 0 Å². The Labute approximate surface area is 123 Å². The molecule has 0 heterocycles. The van der Waals surface area contributed by atoms with Crippen LogP contribution in [0.2, 0.25) is 0 Å². The van der Waals surface area contributed by atoms with E-state index in [-0.39, 0.29) is 12.8 Å². The molecule has 0 spiro atoms. The maximum absolute atomic E-state index is 11.9. The molecule has 0 aromatic carbocycles. The van der Waals surface area contributed by atoms with Gasteiger partial charge in [-0.25, -0.2) is 4.79 Å². The van der Waals surface area contributed by atoms with Crippen molar-refractivity contribution in [3.63, 3.8) is 0 Å². The van der Waals surface area contributed by atoms with Crippen LogP contribution in [0, 0.1) is 0 Å². The molecular weight excluding hydrogens is 256 g/mol. The Morgan fingerprint density at radius 2 is 1.60 bits per heavy atom. The minimum Gasteiger partial charge on any atom is -0.435 e. The van der Waals surface area contributed by atoms with E-state index in [1.54, 1.807) is 0 Å². The number of carbonyl (C=O) groups is 1. The highest BCUT2D eigenvalue weighted by atomic mass is 16.7. The molecule has 0 saturated heterocycles. The lowest BCUT2D eigenvalue weighted by Gasteiger charge is -2.08. The average Bonchev–Trinajstić information content (AvgIpc) is 2.45. The summed E-state index contributed by atoms with van der Waals surface area (Å²) >= 11 is 0. The molecule has 0 radical (unpaired) electrons. The van der Waals surface area contributed by atoms with Gasteiger partial charge in [0.25, 0.3) is 0 Å². The molecule has 0 aliphatic heterocycles. The monoisotopic (exact) mass is 286 g/mol. The molecule has 0 fully saturated rings. The van der Waals surface area contributed by atoms with Crippen LogP contribution in [-0.4, -0.2) is 32.6 Å². The number of ether oxygens (including phenoxy) is 3. The molecule has 118 valence electrons. The Morgan fingerprint density at radius 3 is 2.20 bits per heavy atom. The first-order valence-electron chi connectivity index (χ1n) is 7.77. The quantitative estimate of drug-likeness (QED) is 0.223. The minimum absolute atomic E-state index is 0.0383. The molecule has 0 N–H and O–H groups in total. The summed E-state index contributed by atoms with van der Waals surface area (Å²) in [4.78, 5) is 11.9. The van der Waals surface area contributed by atoms with Gasteiger partial charge in [-0.15, -0.1) is 0 Å². The highest BCUT2D eigenvalue weighted by molar-refractivity contribution is 5.88. The highest BCUT2D eigenvalue weighted by Crippen LogP contribution is 2.07. The Kier molecular flexibility index (Phi) is 13.9. The van der Waals surface area contributed by atoms with Crippen LogP contribution < -0.4 is 0 Å². The normalized spacial score (nSPS) is 11.7. The third kappa shape index (κ3) is 11.0. The summed E-state index contributed by atoms with van der Waals surface area (Å²) in [7, 11) is 0. The highest BCUT2D eigenvalue weighted by Gasteiger charge is 2.09. The van der Waals surface area contributed by atoms with Crippen LogP contribution >= 0.6 is 0 Å². The summed E-state index contributed by atoms with van der Waals surface area (Å²) in [5, 5.41) is 0. The third-order valence-corrected chi connectivity index (χ3v) is 2.79. The molecule has 0 saturated carbocycles. The van der Waals surface area contributed by atoms with Gasteiger partial charge in [-0.3, -0.25) is 0 Å². The SMILES string of the molecule is CCCCOCC=C(CCC)C(=O)OCOCCCC. The van der Waals surface area contributed by atoms with Crippen molar-refractivity contribution in [2.45, 2.75) is 59.3 Å². The second-order valence-electron chi connectivity index (χ2n) is 4.72. The lowest BCUT2D eigenvalue weighted by molar-refractivity contribution is -0.151. The zero-order valence-corrected chi connectivity index (χ0v) is 13.3. The van der Waals surface area contributed by atoms with Gasteiger partial charge in [-0.2, -0.15) is 0 Å². The first-order valence-corrected chi connectivity index (χ1v) is 7.77. The predicted octanol–water partition coefficient (Wildman–Crippen LogP) is 3.85. The second-order valence-corrected chi connectivity index (χ2v) is 4.72. The number of esters is 1. The molecule has 0 bridgehead atoms. The Balaban J connectivity index is 3.95. The summed E-state index contributed by atoms with van der Waals surface area (Å²) in [6.07, 6.45) is 7.67. The predicted molar refractivity (Wildman–Crippen MR) is 80.5 cm³/mol. The smallest absolute Gasteiger partial charge is 0.335 e. The Hall–Kier alpha value is -0.870. The van der Waals surface area contributed by atoms with E-state index in [4.69, 9.17) is 14.2 Å². The van der Waals surface area contributed by atoms with E-state index in [1.807, 2.05) is 13.0 Å². The fraction of sp³-hybridized carbons (Fsp3) is 0.812. The first kappa shape index (κ1) is 19.1. The molecule has 0 aliphatic rings. The fourth-order valence-electron chi connectivity index (χ4n) is 1.54.